The summed E-state index contributed by atoms with van der Waals surface area (Å²) in [6, 6.07) is 22.5. The van der Waals surface area contributed by atoms with Crippen molar-refractivity contribution in [3.63, 3.8) is 0 Å². The average molecular weight is 570 g/mol. The van der Waals surface area contributed by atoms with Crippen LogP contribution in [0.1, 0.15) is 37.0 Å². The van der Waals surface area contributed by atoms with Crippen LogP contribution >= 0.6 is 11.6 Å². The predicted molar refractivity (Wildman–Crippen MR) is 157 cm³/mol. The van der Waals surface area contributed by atoms with E-state index in [2.05, 4.69) is 5.32 Å². The summed E-state index contributed by atoms with van der Waals surface area (Å²) in [5.74, 6) is -0.820. The molecule has 9 heteroatoms. The third kappa shape index (κ3) is 8.31. The van der Waals surface area contributed by atoms with Gasteiger partial charge in [0.25, 0.3) is 0 Å². The molecule has 39 heavy (non-hydrogen) atoms. The highest BCUT2D eigenvalue weighted by atomic mass is 35.5. The number of aryl methyl sites for hydroxylation is 1. The molecule has 0 aliphatic rings. The van der Waals surface area contributed by atoms with Gasteiger partial charge in [0.2, 0.25) is 21.8 Å². The number of nitrogens with one attached hydrogen (secondary N) is 1. The van der Waals surface area contributed by atoms with Crippen LogP contribution in [0.3, 0.4) is 0 Å². The molecule has 7 nitrogen and oxygen atoms in total. The first-order valence-electron chi connectivity index (χ1n) is 12.9. The molecule has 2 atom stereocenters. The summed E-state index contributed by atoms with van der Waals surface area (Å²) in [6.45, 7) is 5.24. The molecule has 3 rings (SSSR count). The minimum atomic E-state index is -3.82. The molecule has 3 aromatic rings. The summed E-state index contributed by atoms with van der Waals surface area (Å²) in [4.78, 5) is 29.2. The minimum absolute atomic E-state index is 0.0370. The fourth-order valence-corrected chi connectivity index (χ4v) is 5.35. The van der Waals surface area contributed by atoms with E-state index in [1.807, 2.05) is 50.2 Å². The Morgan fingerprint density at radius 1 is 0.949 bits per heavy atom. The smallest absolute Gasteiger partial charge is 0.244 e. The first-order chi connectivity index (χ1) is 18.5. The van der Waals surface area contributed by atoms with Crippen LogP contribution in [0.2, 0.25) is 5.02 Å². The van der Waals surface area contributed by atoms with Crippen molar-refractivity contribution < 1.29 is 18.0 Å². The Morgan fingerprint density at radius 3 is 2.18 bits per heavy atom. The monoisotopic (exact) mass is 569 g/mol. The maximum absolute atomic E-state index is 14.1. The number of sulfonamides is 1. The van der Waals surface area contributed by atoms with E-state index in [1.165, 1.54) is 4.90 Å². The Labute approximate surface area is 236 Å². The number of carbonyl (C=O) groups is 2. The third-order valence-corrected chi connectivity index (χ3v) is 8.13. The van der Waals surface area contributed by atoms with Gasteiger partial charge in [-0.05, 0) is 49.1 Å². The molecule has 0 radical (unpaired) electrons. The lowest BCUT2D eigenvalue weighted by Crippen LogP contribution is -2.54. The first kappa shape index (κ1) is 30.2. The zero-order chi connectivity index (χ0) is 28.6. The van der Waals surface area contributed by atoms with E-state index in [9.17, 15) is 18.0 Å². The first-order valence-corrected chi connectivity index (χ1v) is 15.1. The molecule has 3 aromatic carbocycles. The molecule has 1 N–H and O–H groups in total. The average Bonchev–Trinajstić information content (AvgIpc) is 2.90. The Bertz CT molecular complexity index is 1380. The van der Waals surface area contributed by atoms with Crippen molar-refractivity contribution in [2.75, 3.05) is 17.1 Å². The van der Waals surface area contributed by atoms with Gasteiger partial charge in [0.1, 0.15) is 12.6 Å². The standard InChI is InChI=1S/C30H36ClN3O4S/c1-5-23(3)32-30(36)28(19-24-14-7-6-8-15-24)33(20-25-16-10-11-17-26(25)31)29(35)21-34(39(4,37)38)27-18-12-9-13-22(27)2/h6-18,23,28H,5,19-21H2,1-4H3,(H,32,36)/t23-,28+/m0/s1. The van der Waals surface area contributed by atoms with Gasteiger partial charge in [0.15, 0.2) is 0 Å². The van der Waals surface area contributed by atoms with Gasteiger partial charge in [-0.3, -0.25) is 13.9 Å². The van der Waals surface area contributed by atoms with Crippen molar-refractivity contribution in [1.29, 1.82) is 0 Å². The maximum Gasteiger partial charge on any atom is 0.244 e. The van der Waals surface area contributed by atoms with Crippen LogP contribution in [-0.4, -0.2) is 50.0 Å². The lowest BCUT2D eigenvalue weighted by atomic mass is 10.0. The van der Waals surface area contributed by atoms with Gasteiger partial charge in [-0.1, -0.05) is 85.3 Å². The zero-order valence-electron chi connectivity index (χ0n) is 22.8. The van der Waals surface area contributed by atoms with Crippen LogP contribution in [0.25, 0.3) is 0 Å². The highest BCUT2D eigenvalue weighted by molar-refractivity contribution is 7.92. The summed E-state index contributed by atoms with van der Waals surface area (Å²) in [5.41, 5.74) is 2.65. The van der Waals surface area contributed by atoms with Crippen molar-refractivity contribution >= 4 is 39.1 Å². The zero-order valence-corrected chi connectivity index (χ0v) is 24.4. The van der Waals surface area contributed by atoms with Crippen molar-refractivity contribution in [3.05, 3.63) is 101 Å². The molecule has 0 saturated carbocycles. The van der Waals surface area contributed by atoms with Gasteiger partial charge in [-0.15, -0.1) is 0 Å². The minimum Gasteiger partial charge on any atom is -0.352 e. The quantitative estimate of drug-likeness (QED) is 0.334. The summed E-state index contributed by atoms with van der Waals surface area (Å²) in [5, 5.41) is 3.47. The Balaban J connectivity index is 2.08. The Kier molecular flexibility index (Phi) is 10.5. The SMILES string of the molecule is CC[C@H](C)NC(=O)[C@@H](Cc1ccccc1)N(Cc1ccccc1Cl)C(=O)CN(c1ccccc1C)S(C)(=O)=O. The molecule has 0 fully saturated rings. The number of hydrogen-bond donors (Lipinski definition) is 1. The molecule has 0 aliphatic heterocycles. The lowest BCUT2D eigenvalue weighted by molar-refractivity contribution is -0.140. The number of anilines is 1. The lowest BCUT2D eigenvalue weighted by Gasteiger charge is -2.34. The second-order valence-electron chi connectivity index (χ2n) is 9.69. The Hall–Kier alpha value is -3.36. The molecule has 208 valence electrons. The summed E-state index contributed by atoms with van der Waals surface area (Å²) >= 11 is 6.47. The molecular weight excluding hydrogens is 534 g/mol. The van der Waals surface area contributed by atoms with Gasteiger partial charge in [0, 0.05) is 24.0 Å². The summed E-state index contributed by atoms with van der Waals surface area (Å²) in [7, 11) is -3.82. The van der Waals surface area contributed by atoms with Gasteiger partial charge in [-0.25, -0.2) is 8.42 Å². The molecule has 0 heterocycles. The number of halogens is 1. The van der Waals surface area contributed by atoms with Crippen molar-refractivity contribution in [3.8, 4) is 0 Å². The van der Waals surface area contributed by atoms with Gasteiger partial charge >= 0.3 is 0 Å². The van der Waals surface area contributed by atoms with Crippen molar-refractivity contribution in [2.24, 2.45) is 0 Å². The van der Waals surface area contributed by atoms with Crippen molar-refractivity contribution in [2.45, 2.75) is 52.2 Å². The third-order valence-electron chi connectivity index (χ3n) is 6.63. The molecule has 0 bridgehead atoms. The van der Waals surface area contributed by atoms with Crippen molar-refractivity contribution in [1.82, 2.24) is 10.2 Å². The molecule has 0 unspecified atom stereocenters. The van der Waals surface area contributed by atoms with Crippen LogP contribution in [0.15, 0.2) is 78.9 Å². The van der Waals surface area contributed by atoms with E-state index in [1.54, 1.807) is 49.4 Å². The highest BCUT2D eigenvalue weighted by Gasteiger charge is 2.34. The predicted octanol–water partition coefficient (Wildman–Crippen LogP) is 4.97. The number of amides is 2. The van der Waals surface area contributed by atoms with E-state index in [4.69, 9.17) is 11.6 Å². The normalized spacial score (nSPS) is 12.8. The molecule has 0 aliphatic carbocycles. The number of benzene rings is 3. The maximum atomic E-state index is 14.1. The van der Waals surface area contributed by atoms with Crippen LogP contribution < -0.4 is 9.62 Å². The second kappa shape index (κ2) is 13.6. The van der Waals surface area contributed by atoms with E-state index in [-0.39, 0.29) is 24.9 Å². The van der Waals surface area contributed by atoms with Gasteiger partial charge in [-0.2, -0.15) is 0 Å². The molecule has 0 saturated heterocycles. The van der Waals surface area contributed by atoms with Crippen LogP contribution in [0.5, 0.6) is 0 Å². The fraction of sp³-hybridized carbons (Fsp3) is 0.333. The van der Waals surface area contributed by atoms with Crippen LogP contribution in [-0.2, 0) is 32.6 Å². The number of nitrogens with zero attached hydrogens (tertiary/aromatic N) is 2. The van der Waals surface area contributed by atoms with Gasteiger partial charge < -0.3 is 10.2 Å². The number of rotatable bonds is 12. The molecule has 0 spiro atoms. The fourth-order valence-electron chi connectivity index (χ4n) is 4.24. The number of hydrogen-bond acceptors (Lipinski definition) is 4. The largest absolute Gasteiger partial charge is 0.352 e. The molecule has 2 amide bonds. The Morgan fingerprint density at radius 2 is 1.56 bits per heavy atom. The summed E-state index contributed by atoms with van der Waals surface area (Å²) in [6.07, 6.45) is 2.04. The molecule has 0 aromatic heterocycles. The second-order valence-corrected chi connectivity index (χ2v) is 12.0. The van der Waals surface area contributed by atoms with E-state index in [0.29, 0.717) is 21.8 Å². The van der Waals surface area contributed by atoms with Crippen LogP contribution in [0, 0.1) is 6.92 Å². The number of para-hydroxylation sites is 1. The van der Waals surface area contributed by atoms with Crippen LogP contribution in [0.4, 0.5) is 5.69 Å². The van der Waals surface area contributed by atoms with E-state index < -0.39 is 28.5 Å². The topological polar surface area (TPSA) is 86.8 Å². The summed E-state index contributed by atoms with van der Waals surface area (Å²) < 4.78 is 26.9. The highest BCUT2D eigenvalue weighted by Crippen LogP contribution is 2.25. The number of carbonyl (C=O) groups excluding carboxylic acids is 2. The molecular formula is C30H36ClN3O4S. The van der Waals surface area contributed by atoms with E-state index >= 15 is 0 Å². The van der Waals surface area contributed by atoms with E-state index in [0.717, 1.165) is 22.5 Å². The van der Waals surface area contributed by atoms with Gasteiger partial charge in [0.05, 0.1) is 11.9 Å².